The summed E-state index contributed by atoms with van der Waals surface area (Å²) < 4.78 is 0. The van der Waals surface area contributed by atoms with Crippen LogP contribution in [-0.4, -0.2) is 13.1 Å². The average molecular weight is 254 g/mol. The second-order valence-electron chi connectivity index (χ2n) is 4.89. The molecule has 100 valence electrons. The molecule has 2 heteroatoms. The van der Waals surface area contributed by atoms with E-state index in [9.17, 15) is 0 Å². The Morgan fingerprint density at radius 2 is 1.79 bits per heavy atom. The summed E-state index contributed by atoms with van der Waals surface area (Å²) in [7, 11) is 0. The van der Waals surface area contributed by atoms with Crippen LogP contribution in [0.4, 0.5) is 5.69 Å². The molecule has 0 amide bonds. The zero-order chi connectivity index (χ0) is 13.5. The zero-order valence-electron chi connectivity index (χ0n) is 11.5. The predicted octanol–water partition coefficient (Wildman–Crippen LogP) is 3.35. The van der Waals surface area contributed by atoms with Crippen molar-refractivity contribution in [1.82, 2.24) is 0 Å². The molecule has 0 heterocycles. The van der Waals surface area contributed by atoms with Crippen LogP contribution in [0.15, 0.2) is 54.6 Å². The minimum absolute atomic E-state index is 0.733. The highest BCUT2D eigenvalue weighted by atomic mass is 15.1. The largest absolute Gasteiger partial charge is 0.367 e. The Morgan fingerprint density at radius 3 is 2.47 bits per heavy atom. The third-order valence-corrected chi connectivity index (χ3v) is 3.22. The lowest BCUT2D eigenvalue weighted by molar-refractivity contribution is 0.735. The molecule has 0 aliphatic heterocycles. The van der Waals surface area contributed by atoms with Gasteiger partial charge in [-0.15, -0.1) is 0 Å². The number of rotatable bonds is 6. The summed E-state index contributed by atoms with van der Waals surface area (Å²) in [5, 5.41) is 0. The molecule has 0 unspecified atom stereocenters. The first-order valence-electron chi connectivity index (χ1n) is 6.85. The zero-order valence-corrected chi connectivity index (χ0v) is 11.5. The van der Waals surface area contributed by atoms with Gasteiger partial charge in [-0.1, -0.05) is 42.5 Å². The van der Waals surface area contributed by atoms with Crippen molar-refractivity contribution in [3.8, 4) is 0 Å². The molecule has 0 atom stereocenters. The highest BCUT2D eigenvalue weighted by Crippen LogP contribution is 2.18. The quantitative estimate of drug-likeness (QED) is 0.856. The second-order valence-corrected chi connectivity index (χ2v) is 4.89. The summed E-state index contributed by atoms with van der Waals surface area (Å²) in [4.78, 5) is 2.40. The topological polar surface area (TPSA) is 29.3 Å². The number of aryl methyl sites for hydroxylation is 1. The van der Waals surface area contributed by atoms with Crippen LogP contribution < -0.4 is 10.6 Å². The van der Waals surface area contributed by atoms with E-state index in [0.29, 0.717) is 0 Å². The average Bonchev–Trinajstić information content (AvgIpc) is 2.44. The van der Waals surface area contributed by atoms with Crippen molar-refractivity contribution in [3.63, 3.8) is 0 Å². The number of nitrogens with zero attached hydrogens (tertiary/aromatic N) is 1. The first-order chi connectivity index (χ1) is 9.29. The Bertz CT molecular complexity index is 494. The van der Waals surface area contributed by atoms with Crippen molar-refractivity contribution in [2.24, 2.45) is 5.73 Å². The highest BCUT2D eigenvalue weighted by Gasteiger charge is 2.06. The molecular formula is C17H22N2. The third kappa shape index (κ3) is 4.11. The van der Waals surface area contributed by atoms with Gasteiger partial charge in [0.2, 0.25) is 0 Å². The van der Waals surface area contributed by atoms with Gasteiger partial charge in [0.05, 0.1) is 0 Å². The van der Waals surface area contributed by atoms with Gasteiger partial charge in [-0.2, -0.15) is 0 Å². The summed E-state index contributed by atoms with van der Waals surface area (Å²) in [5.41, 5.74) is 9.56. The van der Waals surface area contributed by atoms with Crippen LogP contribution in [0.3, 0.4) is 0 Å². The predicted molar refractivity (Wildman–Crippen MR) is 82.3 cm³/mol. The Balaban J connectivity index is 2.16. The molecule has 2 N–H and O–H groups in total. The molecule has 0 aromatic heterocycles. The fourth-order valence-electron chi connectivity index (χ4n) is 2.21. The smallest absolute Gasteiger partial charge is 0.0429 e. The molecule has 2 rings (SSSR count). The van der Waals surface area contributed by atoms with Crippen molar-refractivity contribution in [2.45, 2.75) is 19.9 Å². The van der Waals surface area contributed by atoms with Gasteiger partial charge in [-0.3, -0.25) is 0 Å². The fraction of sp³-hybridized carbons (Fsp3) is 0.294. The van der Waals surface area contributed by atoms with Crippen LogP contribution in [0.5, 0.6) is 0 Å². The molecule has 0 fully saturated rings. The lowest BCUT2D eigenvalue weighted by Crippen LogP contribution is -2.25. The molecule has 0 saturated carbocycles. The first kappa shape index (κ1) is 13.6. The molecule has 0 aliphatic rings. The monoisotopic (exact) mass is 254 g/mol. The molecule has 0 spiro atoms. The molecule has 0 bridgehead atoms. The Morgan fingerprint density at radius 1 is 1.00 bits per heavy atom. The SMILES string of the molecule is Cc1cccc(N(CCCN)Cc2ccccc2)c1. The van der Waals surface area contributed by atoms with Gasteiger partial charge in [-0.25, -0.2) is 0 Å². The number of benzene rings is 2. The number of hydrogen-bond acceptors (Lipinski definition) is 2. The van der Waals surface area contributed by atoms with Crippen molar-refractivity contribution < 1.29 is 0 Å². The number of hydrogen-bond donors (Lipinski definition) is 1. The Labute approximate surface area is 115 Å². The number of anilines is 1. The highest BCUT2D eigenvalue weighted by molar-refractivity contribution is 5.48. The molecule has 0 saturated heterocycles. The molecule has 2 aromatic rings. The maximum atomic E-state index is 5.65. The van der Waals surface area contributed by atoms with E-state index in [-0.39, 0.29) is 0 Å². The van der Waals surface area contributed by atoms with Crippen LogP contribution in [0.2, 0.25) is 0 Å². The lowest BCUT2D eigenvalue weighted by atomic mass is 10.1. The van der Waals surface area contributed by atoms with E-state index >= 15 is 0 Å². The van der Waals surface area contributed by atoms with Crippen LogP contribution in [0.25, 0.3) is 0 Å². The standard InChI is InChI=1S/C17H22N2/c1-15-7-5-10-17(13-15)19(12-6-11-18)14-16-8-3-2-4-9-16/h2-5,7-10,13H,6,11-12,14,18H2,1H3. The van der Waals surface area contributed by atoms with Crippen molar-refractivity contribution in [1.29, 1.82) is 0 Å². The first-order valence-corrected chi connectivity index (χ1v) is 6.85. The van der Waals surface area contributed by atoms with E-state index in [4.69, 9.17) is 5.73 Å². The van der Waals surface area contributed by atoms with Crippen molar-refractivity contribution in [3.05, 3.63) is 65.7 Å². The van der Waals surface area contributed by atoms with Crippen LogP contribution in [0.1, 0.15) is 17.5 Å². The maximum absolute atomic E-state index is 5.65. The number of nitrogens with two attached hydrogens (primary N) is 1. The van der Waals surface area contributed by atoms with Gasteiger partial charge in [0.25, 0.3) is 0 Å². The summed E-state index contributed by atoms with van der Waals surface area (Å²) in [6.45, 7) is 4.80. The third-order valence-electron chi connectivity index (χ3n) is 3.22. The maximum Gasteiger partial charge on any atom is 0.0429 e. The van der Waals surface area contributed by atoms with Gasteiger partial charge in [0.15, 0.2) is 0 Å². The van der Waals surface area contributed by atoms with Gasteiger partial charge >= 0.3 is 0 Å². The molecule has 0 aliphatic carbocycles. The van der Waals surface area contributed by atoms with Crippen LogP contribution in [0, 0.1) is 6.92 Å². The van der Waals surface area contributed by atoms with Crippen LogP contribution >= 0.6 is 0 Å². The fourth-order valence-corrected chi connectivity index (χ4v) is 2.21. The minimum Gasteiger partial charge on any atom is -0.367 e. The van der Waals surface area contributed by atoms with Crippen molar-refractivity contribution >= 4 is 5.69 Å². The van der Waals surface area contributed by atoms with E-state index in [1.165, 1.54) is 16.8 Å². The molecule has 2 nitrogen and oxygen atoms in total. The summed E-state index contributed by atoms with van der Waals surface area (Å²) in [6, 6.07) is 19.2. The van der Waals surface area contributed by atoms with Gasteiger partial charge in [-0.05, 0) is 43.1 Å². The molecule has 0 radical (unpaired) electrons. The summed E-state index contributed by atoms with van der Waals surface area (Å²) >= 11 is 0. The van der Waals surface area contributed by atoms with Crippen molar-refractivity contribution in [2.75, 3.05) is 18.0 Å². The minimum atomic E-state index is 0.733. The van der Waals surface area contributed by atoms with E-state index in [0.717, 1.165) is 26.1 Å². The molecular weight excluding hydrogens is 232 g/mol. The van der Waals surface area contributed by atoms with Gasteiger partial charge in [0.1, 0.15) is 0 Å². The van der Waals surface area contributed by atoms with Gasteiger partial charge < -0.3 is 10.6 Å². The van der Waals surface area contributed by atoms with Crippen LogP contribution in [-0.2, 0) is 6.54 Å². The normalized spacial score (nSPS) is 10.4. The summed E-state index contributed by atoms with van der Waals surface area (Å²) in [6.07, 6.45) is 1.01. The Hall–Kier alpha value is -1.80. The molecule has 19 heavy (non-hydrogen) atoms. The summed E-state index contributed by atoms with van der Waals surface area (Å²) in [5.74, 6) is 0. The Kier molecular flexibility index (Phi) is 4.99. The second kappa shape index (κ2) is 6.95. The van der Waals surface area contributed by atoms with E-state index < -0.39 is 0 Å². The molecule has 2 aromatic carbocycles. The van der Waals surface area contributed by atoms with Gasteiger partial charge in [0, 0.05) is 18.8 Å². The van der Waals surface area contributed by atoms with E-state index in [2.05, 4.69) is 66.4 Å². The lowest BCUT2D eigenvalue weighted by Gasteiger charge is -2.25. The van der Waals surface area contributed by atoms with E-state index in [1.807, 2.05) is 0 Å². The van der Waals surface area contributed by atoms with E-state index in [1.54, 1.807) is 0 Å².